The maximum absolute atomic E-state index is 5.71. The van der Waals surface area contributed by atoms with Crippen molar-refractivity contribution in [3.8, 4) is 0 Å². The fourth-order valence-electron chi connectivity index (χ4n) is 2.19. The largest absolute Gasteiger partial charge is 0.370 e. The second-order valence-corrected chi connectivity index (χ2v) is 4.60. The molecule has 0 radical (unpaired) electrons. The number of aromatic nitrogens is 2. The van der Waals surface area contributed by atoms with Gasteiger partial charge in [-0.05, 0) is 35.9 Å². The first kappa shape index (κ1) is 10.7. The second-order valence-electron chi connectivity index (χ2n) is 4.26. The number of nitrogens with one attached hydrogen (secondary N) is 1. The Morgan fingerprint density at radius 2 is 2.40 bits per heavy atom. The summed E-state index contributed by atoms with van der Waals surface area (Å²) in [7, 11) is 0. The van der Waals surface area contributed by atoms with E-state index in [2.05, 4.69) is 22.2 Å². The van der Waals surface area contributed by atoms with Crippen molar-refractivity contribution in [1.82, 2.24) is 9.97 Å². The van der Waals surface area contributed by atoms with Crippen LogP contribution in [0.1, 0.15) is 26.2 Å². The van der Waals surface area contributed by atoms with E-state index in [9.17, 15) is 0 Å². The first-order valence-corrected chi connectivity index (χ1v) is 5.86. The van der Waals surface area contributed by atoms with Crippen LogP contribution in [0, 0.1) is 11.8 Å². The molecule has 2 atom stereocenters. The van der Waals surface area contributed by atoms with Crippen molar-refractivity contribution in [3.05, 3.63) is 17.5 Å². The summed E-state index contributed by atoms with van der Waals surface area (Å²) < 4.78 is 0. The van der Waals surface area contributed by atoms with E-state index in [1.165, 1.54) is 19.3 Å². The zero-order valence-corrected chi connectivity index (χ0v) is 9.67. The molecule has 4 heteroatoms. The molecule has 0 aromatic carbocycles. The molecule has 1 fully saturated rings. The first-order chi connectivity index (χ1) is 7.25. The lowest BCUT2D eigenvalue weighted by Crippen LogP contribution is -2.17. The Morgan fingerprint density at radius 3 is 3.07 bits per heavy atom. The van der Waals surface area contributed by atoms with E-state index in [0.717, 1.165) is 24.2 Å². The lowest BCUT2D eigenvalue weighted by atomic mass is 9.98. The van der Waals surface area contributed by atoms with Crippen LogP contribution in [-0.2, 0) is 0 Å². The minimum absolute atomic E-state index is 0.305. The second kappa shape index (κ2) is 4.79. The van der Waals surface area contributed by atoms with Crippen LogP contribution in [0.2, 0.25) is 5.28 Å². The Labute approximate surface area is 95.3 Å². The lowest BCUT2D eigenvalue weighted by molar-refractivity contribution is 0.439. The van der Waals surface area contributed by atoms with Gasteiger partial charge in [-0.3, -0.25) is 0 Å². The maximum atomic E-state index is 5.71. The molecule has 1 N–H and O–H groups in total. The maximum Gasteiger partial charge on any atom is 0.224 e. The van der Waals surface area contributed by atoms with Crippen LogP contribution in [0.5, 0.6) is 0 Å². The molecule has 82 valence electrons. The molecule has 1 saturated carbocycles. The van der Waals surface area contributed by atoms with Crippen molar-refractivity contribution < 1.29 is 0 Å². The molecule has 1 aromatic heterocycles. The summed E-state index contributed by atoms with van der Waals surface area (Å²) in [5.74, 6) is 2.43. The molecule has 1 aliphatic rings. The number of hydrogen-bond acceptors (Lipinski definition) is 3. The smallest absolute Gasteiger partial charge is 0.224 e. The Bertz CT molecular complexity index is 329. The molecule has 0 spiro atoms. The standard InChI is InChI=1S/C11H16ClN3/c1-8-3-2-4-9(8)7-14-10-5-6-13-11(12)15-10/h5-6,8-9H,2-4,7H2,1H3,(H,13,14,15). The molecule has 0 aliphatic heterocycles. The van der Waals surface area contributed by atoms with Crippen LogP contribution in [-0.4, -0.2) is 16.5 Å². The van der Waals surface area contributed by atoms with Crippen LogP contribution in [0.25, 0.3) is 0 Å². The number of halogens is 1. The third-order valence-electron chi connectivity index (χ3n) is 3.21. The predicted molar refractivity (Wildman–Crippen MR) is 62.0 cm³/mol. The normalized spacial score (nSPS) is 25.5. The van der Waals surface area contributed by atoms with Gasteiger partial charge < -0.3 is 5.32 Å². The third kappa shape index (κ3) is 2.81. The molecule has 3 nitrogen and oxygen atoms in total. The van der Waals surface area contributed by atoms with E-state index in [1.807, 2.05) is 6.07 Å². The molecule has 1 aliphatic carbocycles. The van der Waals surface area contributed by atoms with Crippen molar-refractivity contribution in [2.45, 2.75) is 26.2 Å². The summed E-state index contributed by atoms with van der Waals surface area (Å²) in [6.07, 6.45) is 5.72. The van der Waals surface area contributed by atoms with Gasteiger partial charge >= 0.3 is 0 Å². The molecule has 0 saturated heterocycles. The van der Waals surface area contributed by atoms with E-state index in [1.54, 1.807) is 6.20 Å². The average molecular weight is 226 g/mol. The summed E-state index contributed by atoms with van der Waals surface area (Å²) in [5, 5.41) is 3.63. The molecule has 0 bridgehead atoms. The number of hydrogen-bond donors (Lipinski definition) is 1. The highest BCUT2D eigenvalue weighted by atomic mass is 35.5. The monoisotopic (exact) mass is 225 g/mol. The number of anilines is 1. The Balaban J connectivity index is 1.87. The van der Waals surface area contributed by atoms with E-state index in [-0.39, 0.29) is 0 Å². The molecule has 0 amide bonds. The third-order valence-corrected chi connectivity index (χ3v) is 3.39. The van der Waals surface area contributed by atoms with Gasteiger partial charge in [0.25, 0.3) is 0 Å². The topological polar surface area (TPSA) is 37.8 Å². The fraction of sp³-hybridized carbons (Fsp3) is 0.636. The summed E-state index contributed by atoms with van der Waals surface area (Å²) in [6, 6.07) is 1.85. The van der Waals surface area contributed by atoms with Crippen molar-refractivity contribution in [2.24, 2.45) is 11.8 Å². The Hall–Kier alpha value is -0.830. The van der Waals surface area contributed by atoms with E-state index in [4.69, 9.17) is 11.6 Å². The van der Waals surface area contributed by atoms with E-state index >= 15 is 0 Å². The summed E-state index contributed by atoms with van der Waals surface area (Å²) in [4.78, 5) is 7.95. The number of rotatable bonds is 3. The van der Waals surface area contributed by atoms with Crippen LogP contribution >= 0.6 is 11.6 Å². The van der Waals surface area contributed by atoms with E-state index < -0.39 is 0 Å². The zero-order valence-electron chi connectivity index (χ0n) is 8.91. The summed E-state index contributed by atoms with van der Waals surface area (Å²) in [6.45, 7) is 3.32. The molecule has 2 rings (SSSR count). The minimum atomic E-state index is 0.305. The van der Waals surface area contributed by atoms with E-state index in [0.29, 0.717) is 5.28 Å². The van der Waals surface area contributed by atoms with Crippen molar-refractivity contribution >= 4 is 17.4 Å². The Morgan fingerprint density at radius 1 is 1.53 bits per heavy atom. The average Bonchev–Trinajstić information content (AvgIpc) is 2.61. The minimum Gasteiger partial charge on any atom is -0.370 e. The van der Waals surface area contributed by atoms with Gasteiger partial charge in [0.2, 0.25) is 5.28 Å². The van der Waals surface area contributed by atoms with Gasteiger partial charge in [-0.1, -0.05) is 19.8 Å². The van der Waals surface area contributed by atoms with Crippen LogP contribution < -0.4 is 5.32 Å². The van der Waals surface area contributed by atoms with Gasteiger partial charge in [-0.2, -0.15) is 0 Å². The first-order valence-electron chi connectivity index (χ1n) is 5.48. The van der Waals surface area contributed by atoms with Gasteiger partial charge in [0.1, 0.15) is 5.82 Å². The quantitative estimate of drug-likeness (QED) is 0.804. The highest BCUT2D eigenvalue weighted by molar-refractivity contribution is 6.28. The summed E-state index contributed by atoms with van der Waals surface area (Å²) >= 11 is 5.71. The lowest BCUT2D eigenvalue weighted by Gasteiger charge is -2.16. The van der Waals surface area contributed by atoms with Gasteiger partial charge in [0.15, 0.2) is 0 Å². The molecule has 2 unspecified atom stereocenters. The SMILES string of the molecule is CC1CCCC1CNc1ccnc(Cl)n1. The van der Waals surface area contributed by atoms with Gasteiger partial charge in [0.05, 0.1) is 0 Å². The number of nitrogens with zero attached hydrogens (tertiary/aromatic N) is 2. The molecule has 15 heavy (non-hydrogen) atoms. The molecular weight excluding hydrogens is 210 g/mol. The van der Waals surface area contributed by atoms with Gasteiger partial charge in [-0.15, -0.1) is 0 Å². The zero-order chi connectivity index (χ0) is 10.7. The molecule has 1 aromatic rings. The van der Waals surface area contributed by atoms with Crippen LogP contribution in [0.15, 0.2) is 12.3 Å². The van der Waals surface area contributed by atoms with Crippen molar-refractivity contribution in [1.29, 1.82) is 0 Å². The van der Waals surface area contributed by atoms with Crippen molar-refractivity contribution in [2.75, 3.05) is 11.9 Å². The van der Waals surface area contributed by atoms with Gasteiger partial charge in [0, 0.05) is 12.7 Å². The highest BCUT2D eigenvalue weighted by Gasteiger charge is 2.22. The fourth-order valence-corrected chi connectivity index (χ4v) is 2.34. The van der Waals surface area contributed by atoms with Gasteiger partial charge in [-0.25, -0.2) is 9.97 Å². The summed E-state index contributed by atoms with van der Waals surface area (Å²) in [5.41, 5.74) is 0. The molecular formula is C11H16ClN3. The Kier molecular flexibility index (Phi) is 3.41. The van der Waals surface area contributed by atoms with Crippen LogP contribution in [0.3, 0.4) is 0 Å². The van der Waals surface area contributed by atoms with Crippen molar-refractivity contribution in [3.63, 3.8) is 0 Å². The van der Waals surface area contributed by atoms with Crippen LogP contribution in [0.4, 0.5) is 5.82 Å². The predicted octanol–water partition coefficient (Wildman–Crippen LogP) is 2.98. The molecule has 1 heterocycles. The highest BCUT2D eigenvalue weighted by Crippen LogP contribution is 2.31.